The summed E-state index contributed by atoms with van der Waals surface area (Å²) in [5, 5.41) is 0. The van der Waals surface area contributed by atoms with Crippen molar-refractivity contribution >= 4 is 34.1 Å². The van der Waals surface area contributed by atoms with E-state index in [1.807, 2.05) is 0 Å². The smallest absolute Gasteiger partial charge is 0.726 e. The van der Waals surface area contributed by atoms with Crippen LogP contribution in [0.4, 0.5) is 5.69 Å². The van der Waals surface area contributed by atoms with Crippen LogP contribution in [0.5, 0.6) is 5.75 Å². The van der Waals surface area contributed by atoms with Crippen LogP contribution in [0, 0.1) is 0 Å². The molecule has 13 heteroatoms. The summed E-state index contributed by atoms with van der Waals surface area (Å²) in [5.74, 6) is -1.68. The SMILES string of the molecule is Nc1ccccc1OS(=O)(=O)S(=O)(=O)CCOS(=O)(=O)[O-].[H+]. The molecule has 0 saturated heterocycles. The third kappa shape index (κ3) is 5.13. The van der Waals surface area contributed by atoms with Crippen molar-refractivity contribution in [1.82, 2.24) is 0 Å². The van der Waals surface area contributed by atoms with Crippen LogP contribution in [-0.4, -0.2) is 42.2 Å². The van der Waals surface area contributed by atoms with Gasteiger partial charge in [-0.05, 0) is 12.1 Å². The lowest BCUT2D eigenvalue weighted by Crippen LogP contribution is -2.27. The van der Waals surface area contributed by atoms with Gasteiger partial charge in [0.05, 0.1) is 18.0 Å². The summed E-state index contributed by atoms with van der Waals surface area (Å²) in [7, 11) is -15.2. The average molecular weight is 361 g/mol. The number of benzene rings is 1. The van der Waals surface area contributed by atoms with Gasteiger partial charge in [0.2, 0.25) is 10.4 Å². The summed E-state index contributed by atoms with van der Waals surface area (Å²) in [6.45, 7) is -1.15. The first-order valence-electron chi connectivity index (χ1n) is 5.06. The number of para-hydroxylation sites is 2. The third-order valence-electron chi connectivity index (χ3n) is 1.98. The molecule has 0 spiro atoms. The Morgan fingerprint density at radius 1 is 1.10 bits per heavy atom. The van der Waals surface area contributed by atoms with E-state index in [2.05, 4.69) is 8.37 Å². The van der Waals surface area contributed by atoms with Crippen molar-refractivity contribution < 1.29 is 39.6 Å². The molecular weight excluding hydrogens is 350 g/mol. The van der Waals surface area contributed by atoms with Crippen LogP contribution in [-0.2, 0) is 32.6 Å². The van der Waals surface area contributed by atoms with Crippen molar-refractivity contribution in [3.05, 3.63) is 24.3 Å². The van der Waals surface area contributed by atoms with E-state index in [0.29, 0.717) is 0 Å². The molecule has 1 aromatic carbocycles. The molecule has 0 aliphatic heterocycles. The number of nitrogens with two attached hydrogens (primary N) is 1. The Hall–Kier alpha value is -1.41. The van der Waals surface area contributed by atoms with E-state index in [-0.39, 0.29) is 7.11 Å². The molecule has 2 N–H and O–H groups in total. The Bertz CT molecular complexity index is 816. The molecule has 0 heterocycles. The van der Waals surface area contributed by atoms with E-state index < -0.39 is 46.5 Å². The Balaban J connectivity index is 0.00000441. The first-order chi connectivity index (χ1) is 9.45. The van der Waals surface area contributed by atoms with Gasteiger partial charge in [-0.2, -0.15) is 8.42 Å². The molecule has 0 aromatic heterocycles. The quantitative estimate of drug-likeness (QED) is 0.272. The molecule has 21 heavy (non-hydrogen) atoms. The number of rotatable bonds is 7. The summed E-state index contributed by atoms with van der Waals surface area (Å²) >= 11 is 0. The Labute approximate surface area is 122 Å². The van der Waals surface area contributed by atoms with Gasteiger partial charge in [-0.15, -0.1) is 0 Å². The van der Waals surface area contributed by atoms with Crippen LogP contribution >= 0.6 is 0 Å². The lowest BCUT2D eigenvalue weighted by atomic mass is 10.3. The van der Waals surface area contributed by atoms with E-state index in [1.165, 1.54) is 18.2 Å². The standard InChI is InChI=1S/C8H11NO9S3/c9-7-3-1-2-4-8(7)18-21(15,16)19(10,11)6-5-17-20(12,13)14/h1-4H,5-6,9H2,(H,12,13,14). The van der Waals surface area contributed by atoms with Crippen molar-refractivity contribution in [2.45, 2.75) is 0 Å². The maximum Gasteiger partial charge on any atom is 1.00 e. The van der Waals surface area contributed by atoms with Crippen LogP contribution in [0.25, 0.3) is 0 Å². The summed E-state index contributed by atoms with van der Waals surface area (Å²) in [6.07, 6.45) is 0. The first-order valence-corrected chi connectivity index (χ1v) is 9.97. The number of hydrogen-bond donors (Lipinski definition) is 1. The number of nitrogen functional groups attached to an aromatic ring is 1. The minimum absolute atomic E-state index is 0. The predicted molar refractivity (Wildman–Crippen MR) is 71.0 cm³/mol. The molecular formula is C8H11NO9S3. The zero-order valence-electron chi connectivity index (χ0n) is 11.2. The fraction of sp³-hybridized carbons (Fsp3) is 0.250. The molecule has 0 radical (unpaired) electrons. The van der Waals surface area contributed by atoms with Gasteiger partial charge in [-0.3, -0.25) is 4.18 Å². The van der Waals surface area contributed by atoms with Crippen LogP contribution in [0.15, 0.2) is 24.3 Å². The number of anilines is 1. The van der Waals surface area contributed by atoms with Gasteiger partial charge in [-0.1, -0.05) is 12.1 Å². The van der Waals surface area contributed by atoms with Gasteiger partial charge in [0, 0.05) is 0 Å². The zero-order chi connectivity index (χ0) is 16.3. The van der Waals surface area contributed by atoms with Crippen molar-refractivity contribution in [3.63, 3.8) is 0 Å². The van der Waals surface area contributed by atoms with Crippen LogP contribution in [0.3, 0.4) is 0 Å². The van der Waals surface area contributed by atoms with E-state index in [9.17, 15) is 29.8 Å². The molecule has 0 fully saturated rings. The Morgan fingerprint density at radius 2 is 1.67 bits per heavy atom. The van der Waals surface area contributed by atoms with Gasteiger partial charge >= 0.3 is 10.6 Å². The monoisotopic (exact) mass is 361 g/mol. The highest BCUT2D eigenvalue weighted by molar-refractivity contribution is 8.65. The zero-order valence-corrected chi connectivity index (χ0v) is 12.6. The molecule has 0 saturated carbocycles. The highest BCUT2D eigenvalue weighted by Gasteiger charge is 2.32. The minimum atomic E-state index is -5.14. The fourth-order valence-electron chi connectivity index (χ4n) is 1.06. The Kier molecular flexibility index (Phi) is 5.16. The second kappa shape index (κ2) is 6.15. The van der Waals surface area contributed by atoms with Crippen LogP contribution in [0.2, 0.25) is 0 Å². The molecule has 1 rings (SSSR count). The molecule has 0 unspecified atom stereocenters. The highest BCUT2D eigenvalue weighted by Crippen LogP contribution is 2.23. The maximum absolute atomic E-state index is 11.6. The normalized spacial score (nSPS) is 13.0. The second-order valence-corrected chi connectivity index (χ2v) is 9.83. The minimum Gasteiger partial charge on any atom is -0.726 e. The summed E-state index contributed by atoms with van der Waals surface area (Å²) < 4.78 is 84.6. The van der Waals surface area contributed by atoms with Gasteiger partial charge in [-0.25, -0.2) is 16.8 Å². The molecule has 0 bridgehead atoms. The summed E-state index contributed by atoms with van der Waals surface area (Å²) in [5.41, 5.74) is 5.28. The summed E-state index contributed by atoms with van der Waals surface area (Å²) in [6, 6.07) is 5.24. The average Bonchev–Trinajstić information content (AvgIpc) is 2.29. The first kappa shape index (κ1) is 17.6. The van der Waals surface area contributed by atoms with Crippen LogP contribution in [0.1, 0.15) is 1.43 Å². The fourth-order valence-corrected chi connectivity index (χ4v) is 3.77. The second-order valence-electron chi connectivity index (χ2n) is 3.52. The van der Waals surface area contributed by atoms with E-state index in [1.54, 1.807) is 0 Å². The van der Waals surface area contributed by atoms with Crippen molar-refractivity contribution in [2.24, 2.45) is 0 Å². The topological polar surface area (TPSA) is 170 Å². The third-order valence-corrected chi connectivity index (χ3v) is 6.68. The van der Waals surface area contributed by atoms with E-state index in [4.69, 9.17) is 5.73 Å². The molecule has 10 nitrogen and oxygen atoms in total. The van der Waals surface area contributed by atoms with Crippen molar-refractivity contribution in [2.75, 3.05) is 18.1 Å². The van der Waals surface area contributed by atoms with Gasteiger partial charge in [0.15, 0.2) is 5.75 Å². The molecule has 0 amide bonds. The molecule has 0 aliphatic carbocycles. The van der Waals surface area contributed by atoms with Crippen LogP contribution < -0.4 is 9.92 Å². The molecule has 0 aliphatic rings. The molecule has 120 valence electrons. The van der Waals surface area contributed by atoms with Gasteiger partial charge in [0.1, 0.15) is 0 Å². The van der Waals surface area contributed by atoms with Crippen molar-refractivity contribution in [3.8, 4) is 5.75 Å². The van der Waals surface area contributed by atoms with Gasteiger partial charge < -0.3 is 14.5 Å². The van der Waals surface area contributed by atoms with E-state index >= 15 is 0 Å². The number of hydrogen-bond acceptors (Lipinski definition) is 10. The molecule has 0 atom stereocenters. The van der Waals surface area contributed by atoms with E-state index in [0.717, 1.165) is 6.07 Å². The van der Waals surface area contributed by atoms with Crippen molar-refractivity contribution in [1.29, 1.82) is 0 Å². The lowest BCUT2D eigenvalue weighted by Gasteiger charge is -2.10. The largest absolute Gasteiger partial charge is 1.00 e. The lowest BCUT2D eigenvalue weighted by molar-refractivity contribution is 0.276. The Morgan fingerprint density at radius 3 is 2.19 bits per heavy atom. The van der Waals surface area contributed by atoms with Gasteiger partial charge in [0.25, 0.3) is 8.87 Å². The summed E-state index contributed by atoms with van der Waals surface area (Å²) in [4.78, 5) is 0. The maximum atomic E-state index is 11.6. The molecule has 1 aromatic rings. The highest BCUT2D eigenvalue weighted by atomic mass is 33.2. The predicted octanol–water partition coefficient (Wildman–Crippen LogP) is -1.10.